The number of hydrogen-bond donors (Lipinski definition) is 0. The summed E-state index contributed by atoms with van der Waals surface area (Å²) in [4.78, 5) is 30.9. The van der Waals surface area contributed by atoms with E-state index in [4.69, 9.17) is 21.1 Å². The molecule has 0 bridgehead atoms. The minimum absolute atomic E-state index is 0.179. The molecule has 1 aromatic rings. The molecule has 1 amide bonds. The molecule has 3 heterocycles. The summed E-state index contributed by atoms with van der Waals surface area (Å²) in [6.07, 6.45) is 1.65. The Morgan fingerprint density at radius 3 is 2.27 bits per heavy atom. The van der Waals surface area contributed by atoms with Gasteiger partial charge in [0.2, 0.25) is 17.2 Å². The summed E-state index contributed by atoms with van der Waals surface area (Å²) in [5, 5.41) is 0.179. The summed E-state index contributed by atoms with van der Waals surface area (Å²) >= 11 is 6.11. The fourth-order valence-electron chi connectivity index (χ4n) is 2.86. The van der Waals surface area contributed by atoms with Crippen molar-refractivity contribution in [3.8, 4) is 0 Å². The van der Waals surface area contributed by atoms with Gasteiger partial charge in [-0.05, 0) is 18.0 Å². The smallest absolute Gasteiger partial charge is 0.409 e. The van der Waals surface area contributed by atoms with Gasteiger partial charge in [-0.15, -0.1) is 0 Å². The largest absolute Gasteiger partial charge is 0.449 e. The van der Waals surface area contributed by atoms with E-state index in [1.807, 2.05) is 9.80 Å². The van der Waals surface area contributed by atoms with Gasteiger partial charge < -0.3 is 24.2 Å². The van der Waals surface area contributed by atoms with E-state index in [2.05, 4.69) is 21.9 Å². The molecule has 2 aliphatic heterocycles. The van der Waals surface area contributed by atoms with Crippen molar-refractivity contribution in [3.05, 3.63) is 5.28 Å². The highest BCUT2D eigenvalue weighted by Gasteiger charge is 2.25. The molecule has 0 atom stereocenters. The number of ether oxygens (including phenoxy) is 2. The Morgan fingerprint density at radius 2 is 1.65 bits per heavy atom. The van der Waals surface area contributed by atoms with E-state index in [0.717, 1.165) is 25.9 Å². The molecule has 1 aromatic heterocycles. The lowest BCUT2D eigenvalue weighted by atomic mass is 10.3. The number of unbranched alkanes of at least 4 members (excludes halogenated alkanes) is 1. The quantitative estimate of drug-likeness (QED) is 0.705. The molecule has 9 nitrogen and oxygen atoms in total. The number of carbonyl (C=O) groups is 1. The van der Waals surface area contributed by atoms with Crippen molar-refractivity contribution in [2.45, 2.75) is 19.8 Å². The minimum Gasteiger partial charge on any atom is -0.449 e. The third-order valence-corrected chi connectivity index (χ3v) is 4.59. The summed E-state index contributed by atoms with van der Waals surface area (Å²) in [6.45, 7) is 7.71. The van der Waals surface area contributed by atoms with Gasteiger partial charge in [-0.1, -0.05) is 13.3 Å². The first-order valence-electron chi connectivity index (χ1n) is 9.08. The zero-order valence-electron chi connectivity index (χ0n) is 15.1. The number of rotatable bonds is 5. The predicted molar refractivity (Wildman–Crippen MR) is 97.9 cm³/mol. The molecule has 0 aromatic carbocycles. The van der Waals surface area contributed by atoms with E-state index in [9.17, 15) is 4.79 Å². The molecule has 26 heavy (non-hydrogen) atoms. The zero-order valence-corrected chi connectivity index (χ0v) is 15.8. The van der Waals surface area contributed by atoms with Crippen LogP contribution in [0.4, 0.5) is 16.7 Å². The molecular formula is C16H25ClN6O3. The molecule has 0 spiro atoms. The monoisotopic (exact) mass is 384 g/mol. The average Bonchev–Trinajstić information content (AvgIpc) is 2.68. The molecule has 0 N–H and O–H groups in total. The van der Waals surface area contributed by atoms with Crippen LogP contribution in [0.5, 0.6) is 0 Å². The molecule has 10 heteroatoms. The van der Waals surface area contributed by atoms with E-state index >= 15 is 0 Å². The molecule has 0 saturated carbocycles. The average molecular weight is 385 g/mol. The van der Waals surface area contributed by atoms with Crippen LogP contribution in [0.2, 0.25) is 5.28 Å². The van der Waals surface area contributed by atoms with Crippen LogP contribution in [0, 0.1) is 0 Å². The van der Waals surface area contributed by atoms with Gasteiger partial charge in [-0.2, -0.15) is 15.0 Å². The maximum absolute atomic E-state index is 12.0. The first-order chi connectivity index (χ1) is 12.7. The van der Waals surface area contributed by atoms with Crippen molar-refractivity contribution in [1.82, 2.24) is 19.9 Å². The van der Waals surface area contributed by atoms with Crippen LogP contribution in [-0.4, -0.2) is 85.0 Å². The summed E-state index contributed by atoms with van der Waals surface area (Å²) in [7, 11) is 0. The molecule has 0 aliphatic carbocycles. The van der Waals surface area contributed by atoms with E-state index in [1.165, 1.54) is 0 Å². The summed E-state index contributed by atoms with van der Waals surface area (Å²) in [5.41, 5.74) is 0. The van der Waals surface area contributed by atoms with Gasteiger partial charge in [0.25, 0.3) is 0 Å². The Kier molecular flexibility index (Phi) is 6.67. The van der Waals surface area contributed by atoms with Crippen LogP contribution >= 0.6 is 11.6 Å². The first-order valence-corrected chi connectivity index (χ1v) is 9.46. The van der Waals surface area contributed by atoms with Crippen LogP contribution in [0.15, 0.2) is 0 Å². The first kappa shape index (κ1) is 18.9. The summed E-state index contributed by atoms with van der Waals surface area (Å²) in [5.74, 6) is 1.12. The second-order valence-electron chi connectivity index (χ2n) is 6.25. The number of anilines is 2. The van der Waals surface area contributed by atoms with Crippen molar-refractivity contribution in [2.24, 2.45) is 0 Å². The van der Waals surface area contributed by atoms with Crippen LogP contribution in [0.1, 0.15) is 19.8 Å². The molecule has 2 aliphatic rings. The van der Waals surface area contributed by atoms with Crippen LogP contribution in [0.3, 0.4) is 0 Å². The van der Waals surface area contributed by atoms with Crippen LogP contribution < -0.4 is 9.80 Å². The molecule has 0 unspecified atom stereocenters. The molecule has 3 rings (SSSR count). The van der Waals surface area contributed by atoms with Gasteiger partial charge in [-0.25, -0.2) is 4.79 Å². The molecule has 2 saturated heterocycles. The van der Waals surface area contributed by atoms with Crippen molar-refractivity contribution < 1.29 is 14.3 Å². The number of halogens is 1. The van der Waals surface area contributed by atoms with E-state index < -0.39 is 0 Å². The molecular weight excluding hydrogens is 360 g/mol. The highest BCUT2D eigenvalue weighted by Crippen LogP contribution is 2.19. The number of carbonyl (C=O) groups excluding carboxylic acids is 1. The Morgan fingerprint density at radius 1 is 1.04 bits per heavy atom. The maximum Gasteiger partial charge on any atom is 0.409 e. The van der Waals surface area contributed by atoms with Crippen LogP contribution in [-0.2, 0) is 9.47 Å². The fourth-order valence-corrected chi connectivity index (χ4v) is 3.01. The lowest BCUT2D eigenvalue weighted by Crippen LogP contribution is -2.49. The topological polar surface area (TPSA) is 83.9 Å². The third-order valence-electron chi connectivity index (χ3n) is 4.42. The normalized spacial score (nSPS) is 18.2. The third kappa shape index (κ3) is 4.85. The van der Waals surface area contributed by atoms with Crippen molar-refractivity contribution >= 4 is 29.6 Å². The second kappa shape index (κ2) is 9.18. The van der Waals surface area contributed by atoms with Gasteiger partial charge in [-0.3, -0.25) is 0 Å². The molecule has 0 radical (unpaired) electrons. The number of morpholine rings is 1. The summed E-state index contributed by atoms with van der Waals surface area (Å²) < 4.78 is 10.6. The van der Waals surface area contributed by atoms with Gasteiger partial charge in [0, 0.05) is 39.3 Å². The second-order valence-corrected chi connectivity index (χ2v) is 6.58. The summed E-state index contributed by atoms with van der Waals surface area (Å²) in [6, 6.07) is 0. The number of nitrogens with zero attached hydrogens (tertiary/aromatic N) is 6. The van der Waals surface area contributed by atoms with Gasteiger partial charge in [0.15, 0.2) is 0 Å². The predicted octanol–water partition coefficient (Wildman–Crippen LogP) is 1.42. The number of amides is 1. The Bertz CT molecular complexity index is 606. The van der Waals surface area contributed by atoms with Gasteiger partial charge in [0.05, 0.1) is 19.8 Å². The molecule has 2 fully saturated rings. The molecule has 144 valence electrons. The Hall–Kier alpha value is -1.87. The Balaban J connectivity index is 1.58. The van der Waals surface area contributed by atoms with Crippen molar-refractivity contribution in [1.29, 1.82) is 0 Å². The SMILES string of the molecule is CCCCOC(=O)N1CCN(c2nc(Cl)nc(N3CCOCC3)n2)CC1. The number of aromatic nitrogens is 3. The lowest BCUT2D eigenvalue weighted by molar-refractivity contribution is 0.0988. The lowest BCUT2D eigenvalue weighted by Gasteiger charge is -2.34. The van der Waals surface area contributed by atoms with E-state index in [0.29, 0.717) is 57.9 Å². The number of piperazine rings is 1. The standard InChI is InChI=1S/C16H25ClN6O3/c1-2-3-10-26-16(24)23-6-4-21(5-7-23)14-18-13(17)19-15(20-14)22-8-11-25-12-9-22/h2-12H2,1H3. The fraction of sp³-hybridized carbons (Fsp3) is 0.750. The zero-order chi connectivity index (χ0) is 18.4. The number of hydrogen-bond acceptors (Lipinski definition) is 8. The van der Waals surface area contributed by atoms with Crippen LogP contribution in [0.25, 0.3) is 0 Å². The highest BCUT2D eigenvalue weighted by atomic mass is 35.5. The van der Waals surface area contributed by atoms with E-state index in [1.54, 1.807) is 4.90 Å². The van der Waals surface area contributed by atoms with Gasteiger partial charge in [0.1, 0.15) is 0 Å². The van der Waals surface area contributed by atoms with Crippen molar-refractivity contribution in [2.75, 3.05) is 68.9 Å². The maximum atomic E-state index is 12.0. The highest BCUT2D eigenvalue weighted by molar-refractivity contribution is 6.28. The Labute approximate surface area is 158 Å². The van der Waals surface area contributed by atoms with Gasteiger partial charge >= 0.3 is 6.09 Å². The van der Waals surface area contributed by atoms with Crippen molar-refractivity contribution in [3.63, 3.8) is 0 Å². The minimum atomic E-state index is -0.249. The van der Waals surface area contributed by atoms with E-state index in [-0.39, 0.29) is 11.4 Å².